The third-order valence-corrected chi connectivity index (χ3v) is 3.56. The van der Waals surface area contributed by atoms with E-state index in [-0.39, 0.29) is 11.7 Å². The number of hydrogen-bond donors (Lipinski definition) is 0. The highest BCUT2D eigenvalue weighted by atomic mass is 19.1. The second-order valence-corrected chi connectivity index (χ2v) is 5.12. The average Bonchev–Trinajstić information content (AvgIpc) is 2.54. The molecule has 4 nitrogen and oxygen atoms in total. The van der Waals surface area contributed by atoms with E-state index in [4.69, 9.17) is 14.7 Å². The van der Waals surface area contributed by atoms with Gasteiger partial charge in [-0.1, -0.05) is 18.2 Å². The van der Waals surface area contributed by atoms with Crippen LogP contribution in [-0.2, 0) is 0 Å². The summed E-state index contributed by atoms with van der Waals surface area (Å²) >= 11 is 0. The zero-order valence-corrected chi connectivity index (χ0v) is 12.1. The van der Waals surface area contributed by atoms with Crippen LogP contribution in [0.15, 0.2) is 42.5 Å². The van der Waals surface area contributed by atoms with E-state index in [1.807, 2.05) is 35.2 Å². The molecule has 1 aliphatic heterocycles. The molecule has 0 saturated heterocycles. The molecule has 1 aliphatic rings. The zero-order chi connectivity index (χ0) is 15.5. The Hall–Kier alpha value is -2.74. The van der Waals surface area contributed by atoms with Crippen LogP contribution in [0.3, 0.4) is 0 Å². The predicted octanol–water partition coefficient (Wildman–Crippen LogP) is 2.97. The fraction of sp³-hybridized carbons (Fsp3) is 0.235. The molecule has 0 bridgehead atoms. The molecule has 0 saturated carbocycles. The van der Waals surface area contributed by atoms with Gasteiger partial charge in [-0.15, -0.1) is 0 Å². The van der Waals surface area contributed by atoms with E-state index in [1.165, 1.54) is 6.07 Å². The largest absolute Gasteiger partial charge is 0.486 e. The van der Waals surface area contributed by atoms with E-state index < -0.39 is 5.82 Å². The van der Waals surface area contributed by atoms with Crippen LogP contribution in [0, 0.1) is 17.1 Å². The molecule has 2 aromatic rings. The molecule has 1 atom stereocenters. The molecule has 112 valence electrons. The molecular weight excluding hydrogens is 283 g/mol. The lowest BCUT2D eigenvalue weighted by Gasteiger charge is -2.30. The molecular formula is C17H15FN2O2. The first-order valence-electron chi connectivity index (χ1n) is 6.97. The second-order valence-electron chi connectivity index (χ2n) is 5.12. The fourth-order valence-corrected chi connectivity index (χ4v) is 2.50. The van der Waals surface area contributed by atoms with Crippen LogP contribution in [0.25, 0.3) is 0 Å². The van der Waals surface area contributed by atoms with Crippen molar-refractivity contribution in [3.63, 3.8) is 0 Å². The lowest BCUT2D eigenvalue weighted by molar-refractivity contribution is 0.0960. The number of hydrogen-bond acceptors (Lipinski definition) is 4. The number of nitriles is 1. The Bertz CT molecular complexity index is 727. The van der Waals surface area contributed by atoms with Crippen molar-refractivity contribution in [2.45, 2.75) is 6.10 Å². The number of rotatable bonds is 3. The molecule has 2 aromatic carbocycles. The molecule has 1 heterocycles. The summed E-state index contributed by atoms with van der Waals surface area (Å²) in [6.45, 7) is 0.908. The van der Waals surface area contributed by atoms with Crippen molar-refractivity contribution in [3.8, 4) is 17.6 Å². The zero-order valence-electron chi connectivity index (χ0n) is 12.1. The number of likely N-dealkylation sites (N-methyl/N-ethyl adjacent to an activating group) is 1. The van der Waals surface area contributed by atoms with Gasteiger partial charge in [0, 0.05) is 7.05 Å². The highest BCUT2D eigenvalue weighted by Crippen LogP contribution is 2.31. The highest BCUT2D eigenvalue weighted by molar-refractivity contribution is 5.59. The molecule has 0 fully saturated rings. The standard InChI is InChI=1S/C17H15FN2O2/c1-20(15-6-4-5-14(18)13(15)9-19)10-12-11-21-16-7-2-3-8-17(16)22-12/h2-8,12H,10-11H2,1H3. The predicted molar refractivity (Wildman–Crippen MR) is 80.7 cm³/mol. The van der Waals surface area contributed by atoms with Crippen molar-refractivity contribution < 1.29 is 13.9 Å². The number of ether oxygens (including phenoxy) is 2. The maximum absolute atomic E-state index is 13.7. The number of halogens is 1. The Labute approximate surface area is 128 Å². The summed E-state index contributed by atoms with van der Waals surface area (Å²) in [6.07, 6.45) is -0.185. The van der Waals surface area contributed by atoms with Gasteiger partial charge in [-0.05, 0) is 24.3 Å². The third kappa shape index (κ3) is 2.68. The maximum Gasteiger partial charge on any atom is 0.161 e. The van der Waals surface area contributed by atoms with E-state index >= 15 is 0 Å². The first-order valence-corrected chi connectivity index (χ1v) is 6.97. The minimum atomic E-state index is -0.516. The molecule has 22 heavy (non-hydrogen) atoms. The number of nitrogens with zero attached hydrogens (tertiary/aromatic N) is 2. The second kappa shape index (κ2) is 5.94. The van der Waals surface area contributed by atoms with Gasteiger partial charge in [0.1, 0.15) is 24.1 Å². The van der Waals surface area contributed by atoms with E-state index in [0.717, 1.165) is 5.75 Å². The van der Waals surface area contributed by atoms with Gasteiger partial charge in [-0.2, -0.15) is 5.26 Å². The summed E-state index contributed by atoms with van der Waals surface area (Å²) < 4.78 is 25.2. The summed E-state index contributed by atoms with van der Waals surface area (Å²) in [5.74, 6) is 0.912. The van der Waals surface area contributed by atoms with Crippen LogP contribution in [-0.4, -0.2) is 26.3 Å². The Morgan fingerprint density at radius 1 is 1.23 bits per heavy atom. The topological polar surface area (TPSA) is 45.5 Å². The Balaban J connectivity index is 1.75. The van der Waals surface area contributed by atoms with Crippen molar-refractivity contribution >= 4 is 5.69 Å². The molecule has 0 aromatic heterocycles. The molecule has 0 radical (unpaired) electrons. The normalized spacial score (nSPS) is 16.0. The third-order valence-electron chi connectivity index (χ3n) is 3.56. The Morgan fingerprint density at radius 2 is 2.00 bits per heavy atom. The Morgan fingerprint density at radius 3 is 2.77 bits per heavy atom. The van der Waals surface area contributed by atoms with Gasteiger partial charge in [-0.3, -0.25) is 0 Å². The van der Waals surface area contributed by atoms with Gasteiger partial charge in [0.25, 0.3) is 0 Å². The molecule has 3 rings (SSSR count). The van der Waals surface area contributed by atoms with Crippen LogP contribution in [0.4, 0.5) is 10.1 Å². The van der Waals surface area contributed by atoms with Gasteiger partial charge in [0.15, 0.2) is 17.6 Å². The van der Waals surface area contributed by atoms with Crippen molar-refractivity contribution in [2.75, 3.05) is 25.1 Å². The maximum atomic E-state index is 13.7. The number of benzene rings is 2. The van der Waals surface area contributed by atoms with Crippen molar-refractivity contribution in [1.82, 2.24) is 0 Å². The molecule has 0 spiro atoms. The summed E-state index contributed by atoms with van der Waals surface area (Å²) in [5, 5.41) is 9.11. The fourth-order valence-electron chi connectivity index (χ4n) is 2.50. The van der Waals surface area contributed by atoms with Crippen LogP contribution in [0.5, 0.6) is 11.5 Å². The van der Waals surface area contributed by atoms with E-state index in [9.17, 15) is 4.39 Å². The van der Waals surface area contributed by atoms with Gasteiger partial charge in [-0.25, -0.2) is 4.39 Å². The van der Waals surface area contributed by atoms with Crippen molar-refractivity contribution in [3.05, 3.63) is 53.8 Å². The molecule has 0 aliphatic carbocycles. The summed E-state index contributed by atoms with van der Waals surface area (Å²) in [4.78, 5) is 1.81. The average molecular weight is 298 g/mol. The van der Waals surface area contributed by atoms with Gasteiger partial charge < -0.3 is 14.4 Å². The van der Waals surface area contributed by atoms with E-state index in [0.29, 0.717) is 24.6 Å². The van der Waals surface area contributed by atoms with Crippen LogP contribution >= 0.6 is 0 Å². The summed E-state index contributed by atoms with van der Waals surface area (Å²) in [7, 11) is 1.81. The van der Waals surface area contributed by atoms with Crippen molar-refractivity contribution in [2.24, 2.45) is 0 Å². The molecule has 5 heteroatoms. The highest BCUT2D eigenvalue weighted by Gasteiger charge is 2.23. The molecule has 0 N–H and O–H groups in total. The van der Waals surface area contributed by atoms with E-state index in [2.05, 4.69) is 0 Å². The molecule has 0 amide bonds. The number of para-hydroxylation sites is 2. The minimum absolute atomic E-state index is 0.0436. The summed E-state index contributed by atoms with van der Waals surface area (Å²) in [5.41, 5.74) is 0.590. The van der Waals surface area contributed by atoms with Gasteiger partial charge >= 0.3 is 0 Å². The summed E-state index contributed by atoms with van der Waals surface area (Å²) in [6, 6.07) is 14.0. The minimum Gasteiger partial charge on any atom is -0.486 e. The number of fused-ring (bicyclic) bond motifs is 1. The van der Waals surface area contributed by atoms with E-state index in [1.54, 1.807) is 19.2 Å². The quantitative estimate of drug-likeness (QED) is 0.874. The Kier molecular flexibility index (Phi) is 3.84. The van der Waals surface area contributed by atoms with Gasteiger partial charge in [0.05, 0.1) is 12.2 Å². The van der Waals surface area contributed by atoms with Crippen LogP contribution in [0.2, 0.25) is 0 Å². The lowest BCUT2D eigenvalue weighted by Crippen LogP contribution is -2.39. The number of anilines is 1. The first-order chi connectivity index (χ1) is 10.7. The van der Waals surface area contributed by atoms with Crippen LogP contribution in [0.1, 0.15) is 5.56 Å². The molecule has 1 unspecified atom stereocenters. The smallest absolute Gasteiger partial charge is 0.161 e. The van der Waals surface area contributed by atoms with Crippen LogP contribution < -0.4 is 14.4 Å². The SMILES string of the molecule is CN(CC1COc2ccccc2O1)c1cccc(F)c1C#N. The van der Waals surface area contributed by atoms with Gasteiger partial charge in [0.2, 0.25) is 0 Å². The first kappa shape index (κ1) is 14.2. The monoisotopic (exact) mass is 298 g/mol. The van der Waals surface area contributed by atoms with Crippen molar-refractivity contribution in [1.29, 1.82) is 5.26 Å². The lowest BCUT2D eigenvalue weighted by atomic mass is 10.1.